The summed E-state index contributed by atoms with van der Waals surface area (Å²) in [6, 6.07) is 12.3. The minimum Gasteiger partial charge on any atom is -0.493 e. The highest BCUT2D eigenvalue weighted by atomic mass is 32.2. The fourth-order valence-corrected chi connectivity index (χ4v) is 4.85. The van der Waals surface area contributed by atoms with Gasteiger partial charge in [-0.2, -0.15) is 0 Å². The summed E-state index contributed by atoms with van der Waals surface area (Å²) in [7, 11) is 1.46. The summed E-state index contributed by atoms with van der Waals surface area (Å²) in [6.45, 7) is 3.78. The monoisotopic (exact) mass is 555 g/mol. The molecule has 2 fully saturated rings. The summed E-state index contributed by atoms with van der Waals surface area (Å²) in [5.74, 6) is -0.933. The van der Waals surface area contributed by atoms with Gasteiger partial charge in [0.1, 0.15) is 6.54 Å². The van der Waals surface area contributed by atoms with Crippen LogP contribution in [0.4, 0.5) is 16.2 Å². The smallest absolute Gasteiger partial charge is 0.344 e. The number of anilines is 2. The molecule has 0 radical (unpaired) electrons. The number of carbonyl (C=O) groups is 4. The molecule has 11 nitrogen and oxygen atoms in total. The number of nitrogens with one attached hydrogen (secondary N) is 1. The number of nitrogens with zero attached hydrogens (tertiary/aromatic N) is 2. The predicted molar refractivity (Wildman–Crippen MR) is 146 cm³/mol. The molecule has 12 heteroatoms. The molecular formula is C27H29N3O8S. The van der Waals surface area contributed by atoms with Gasteiger partial charge >= 0.3 is 5.97 Å². The van der Waals surface area contributed by atoms with Crippen LogP contribution in [0.15, 0.2) is 47.4 Å². The first-order valence-corrected chi connectivity index (χ1v) is 13.1. The highest BCUT2D eigenvalue weighted by Gasteiger charge is 2.36. The van der Waals surface area contributed by atoms with E-state index in [9.17, 15) is 19.2 Å². The van der Waals surface area contributed by atoms with E-state index in [1.165, 1.54) is 13.2 Å². The molecule has 3 amide bonds. The van der Waals surface area contributed by atoms with Gasteiger partial charge in [0.25, 0.3) is 11.1 Å². The van der Waals surface area contributed by atoms with Gasteiger partial charge in [0.05, 0.1) is 43.2 Å². The van der Waals surface area contributed by atoms with E-state index < -0.39 is 29.6 Å². The standard InChI is InChI=1S/C27H29N3O8S/c1-3-37-25(32)17-38-22-14-18(8-9-21(22)35-2)15-23-26(33)30(27(34)39-23)16-24(31)28-19-6-4-5-7-20(19)29-10-12-36-13-11-29/h4-9,14-15H,3,10-13,16-17H2,1-2H3,(H,28,31)/b23-15-. The van der Waals surface area contributed by atoms with Crippen molar-refractivity contribution in [2.75, 3.05) is 63.4 Å². The van der Waals surface area contributed by atoms with Gasteiger partial charge < -0.3 is 29.2 Å². The van der Waals surface area contributed by atoms with Crippen molar-refractivity contribution in [2.45, 2.75) is 6.92 Å². The van der Waals surface area contributed by atoms with Crippen LogP contribution in [0, 0.1) is 0 Å². The number of carbonyl (C=O) groups excluding carboxylic acids is 4. The van der Waals surface area contributed by atoms with Gasteiger partial charge in [-0.25, -0.2) is 4.79 Å². The Kier molecular flexibility index (Phi) is 9.45. The molecule has 2 aromatic carbocycles. The molecule has 2 heterocycles. The van der Waals surface area contributed by atoms with Gasteiger partial charge in [-0.1, -0.05) is 18.2 Å². The number of hydrogen-bond acceptors (Lipinski definition) is 10. The van der Waals surface area contributed by atoms with Crippen LogP contribution in [-0.2, 0) is 23.9 Å². The van der Waals surface area contributed by atoms with Crippen LogP contribution in [-0.4, -0.2) is 81.1 Å². The molecule has 4 rings (SSSR count). The van der Waals surface area contributed by atoms with Crippen molar-refractivity contribution in [1.82, 2.24) is 4.90 Å². The number of hydrogen-bond donors (Lipinski definition) is 1. The van der Waals surface area contributed by atoms with Gasteiger partial charge in [-0.05, 0) is 54.6 Å². The minimum absolute atomic E-state index is 0.156. The SMILES string of the molecule is CCOC(=O)COc1cc(/C=C2\SC(=O)N(CC(=O)Nc3ccccc3N3CCOCC3)C2=O)ccc1OC. The number of thioether (sulfide) groups is 1. The van der Waals surface area contributed by atoms with E-state index in [-0.39, 0.29) is 23.9 Å². The quantitative estimate of drug-likeness (QED) is 0.345. The first-order valence-electron chi connectivity index (χ1n) is 12.3. The Morgan fingerprint density at radius 1 is 1.10 bits per heavy atom. The lowest BCUT2D eigenvalue weighted by Crippen LogP contribution is -2.38. The first-order chi connectivity index (χ1) is 18.9. The average Bonchev–Trinajstić information content (AvgIpc) is 3.20. The number of morpholine rings is 1. The molecule has 0 unspecified atom stereocenters. The summed E-state index contributed by atoms with van der Waals surface area (Å²) < 4.78 is 21.1. The minimum atomic E-state index is -0.577. The maximum atomic E-state index is 13.0. The normalized spacial score (nSPS) is 16.4. The molecule has 2 aliphatic heterocycles. The molecule has 2 aromatic rings. The van der Waals surface area contributed by atoms with Crippen LogP contribution < -0.4 is 19.7 Å². The summed E-state index contributed by atoms with van der Waals surface area (Å²) in [5.41, 5.74) is 1.99. The molecule has 0 aromatic heterocycles. The largest absolute Gasteiger partial charge is 0.493 e. The molecule has 0 bridgehead atoms. The van der Waals surface area contributed by atoms with E-state index in [4.69, 9.17) is 18.9 Å². The molecular weight excluding hydrogens is 526 g/mol. The lowest BCUT2D eigenvalue weighted by molar-refractivity contribution is -0.145. The van der Waals surface area contributed by atoms with Crippen molar-refractivity contribution in [2.24, 2.45) is 0 Å². The molecule has 1 N–H and O–H groups in total. The summed E-state index contributed by atoms with van der Waals surface area (Å²) in [4.78, 5) is 53.3. The van der Waals surface area contributed by atoms with Crippen molar-refractivity contribution in [1.29, 1.82) is 0 Å². The van der Waals surface area contributed by atoms with E-state index in [1.54, 1.807) is 31.2 Å². The highest BCUT2D eigenvalue weighted by molar-refractivity contribution is 8.18. The fourth-order valence-electron chi connectivity index (χ4n) is 4.02. The van der Waals surface area contributed by atoms with Crippen LogP contribution in [0.5, 0.6) is 11.5 Å². The Balaban J connectivity index is 1.43. The van der Waals surface area contributed by atoms with Crippen molar-refractivity contribution in [3.63, 3.8) is 0 Å². The Bertz CT molecular complexity index is 1280. The number of rotatable bonds is 10. The zero-order valence-electron chi connectivity index (χ0n) is 21.6. The molecule has 206 valence electrons. The fraction of sp³-hybridized carbons (Fsp3) is 0.333. The van der Waals surface area contributed by atoms with Gasteiger partial charge in [0.2, 0.25) is 5.91 Å². The molecule has 2 saturated heterocycles. The van der Waals surface area contributed by atoms with Crippen LogP contribution in [0.25, 0.3) is 6.08 Å². The van der Waals surface area contributed by atoms with Crippen molar-refractivity contribution >= 4 is 52.2 Å². The van der Waals surface area contributed by atoms with E-state index in [0.29, 0.717) is 43.3 Å². The van der Waals surface area contributed by atoms with Crippen LogP contribution in [0.3, 0.4) is 0 Å². The number of para-hydroxylation sites is 2. The second-order valence-electron chi connectivity index (χ2n) is 8.44. The first kappa shape index (κ1) is 28.0. The molecule has 0 aliphatic carbocycles. The molecule has 0 spiro atoms. The number of benzene rings is 2. The number of methoxy groups -OCH3 is 1. The Labute approximate surface area is 230 Å². The number of esters is 1. The average molecular weight is 556 g/mol. The lowest BCUT2D eigenvalue weighted by Gasteiger charge is -2.30. The third kappa shape index (κ3) is 7.09. The van der Waals surface area contributed by atoms with Gasteiger partial charge in [-0.15, -0.1) is 0 Å². The second kappa shape index (κ2) is 13.2. The lowest BCUT2D eigenvalue weighted by atomic mass is 10.2. The Hall–Kier alpha value is -4.03. The van der Waals surface area contributed by atoms with E-state index in [2.05, 4.69) is 10.2 Å². The topological polar surface area (TPSA) is 124 Å². The van der Waals surface area contributed by atoms with E-state index >= 15 is 0 Å². The molecule has 0 atom stereocenters. The second-order valence-corrected chi connectivity index (χ2v) is 9.43. The maximum absolute atomic E-state index is 13.0. The molecule has 0 saturated carbocycles. The number of amides is 3. The zero-order chi connectivity index (χ0) is 27.8. The number of imide groups is 1. The highest BCUT2D eigenvalue weighted by Crippen LogP contribution is 2.35. The summed E-state index contributed by atoms with van der Waals surface area (Å²) >= 11 is 0.742. The van der Waals surface area contributed by atoms with Gasteiger partial charge in [0, 0.05) is 13.1 Å². The van der Waals surface area contributed by atoms with E-state index in [1.807, 2.05) is 18.2 Å². The maximum Gasteiger partial charge on any atom is 0.344 e. The number of ether oxygens (including phenoxy) is 4. The predicted octanol–water partition coefficient (Wildman–Crippen LogP) is 3.15. The Morgan fingerprint density at radius 3 is 2.62 bits per heavy atom. The summed E-state index contributed by atoms with van der Waals surface area (Å²) in [5, 5.41) is 2.28. The molecule has 2 aliphatic rings. The third-order valence-corrected chi connectivity index (χ3v) is 6.75. The van der Waals surface area contributed by atoms with Gasteiger partial charge in [0.15, 0.2) is 18.1 Å². The van der Waals surface area contributed by atoms with Crippen LogP contribution in [0.2, 0.25) is 0 Å². The van der Waals surface area contributed by atoms with Crippen LogP contribution in [0.1, 0.15) is 12.5 Å². The van der Waals surface area contributed by atoms with Crippen LogP contribution >= 0.6 is 11.8 Å². The van der Waals surface area contributed by atoms with Gasteiger partial charge in [-0.3, -0.25) is 19.3 Å². The van der Waals surface area contributed by atoms with Crippen molar-refractivity contribution in [3.05, 3.63) is 52.9 Å². The Morgan fingerprint density at radius 2 is 1.87 bits per heavy atom. The van der Waals surface area contributed by atoms with Crippen molar-refractivity contribution < 1.29 is 38.1 Å². The third-order valence-electron chi connectivity index (χ3n) is 5.84. The zero-order valence-corrected chi connectivity index (χ0v) is 22.5. The molecule has 39 heavy (non-hydrogen) atoms. The van der Waals surface area contributed by atoms with Crippen molar-refractivity contribution in [3.8, 4) is 11.5 Å². The summed E-state index contributed by atoms with van der Waals surface area (Å²) in [6.07, 6.45) is 1.52. The van der Waals surface area contributed by atoms with E-state index in [0.717, 1.165) is 22.3 Å².